The lowest BCUT2D eigenvalue weighted by Crippen LogP contribution is -2.32. The Morgan fingerprint density at radius 1 is 0.933 bits per heavy atom. The maximum atomic E-state index is 12.6. The number of carbonyl (C=O) groups excluding carboxylic acids is 2. The van der Waals surface area contributed by atoms with E-state index < -0.39 is 39.9 Å². The molecule has 30 heavy (non-hydrogen) atoms. The van der Waals surface area contributed by atoms with Crippen molar-refractivity contribution in [3.63, 3.8) is 0 Å². The number of nitro benzene ring substituents is 2. The highest BCUT2D eigenvalue weighted by molar-refractivity contribution is 6.46. The second-order valence-electron chi connectivity index (χ2n) is 6.37. The van der Waals surface area contributed by atoms with Crippen molar-refractivity contribution in [1.29, 1.82) is 0 Å². The lowest BCUT2D eigenvalue weighted by Gasteiger charge is -2.24. The van der Waals surface area contributed by atoms with Crippen molar-refractivity contribution < 1.29 is 29.6 Å². The van der Waals surface area contributed by atoms with E-state index in [2.05, 4.69) is 0 Å². The highest BCUT2D eigenvalue weighted by Crippen LogP contribution is 2.39. The van der Waals surface area contributed by atoms with Gasteiger partial charge in [-0.05, 0) is 29.8 Å². The van der Waals surface area contributed by atoms with Gasteiger partial charge in [-0.1, -0.05) is 0 Å². The molecule has 1 unspecified atom stereocenters. The number of ketones is 1. The van der Waals surface area contributed by atoms with Crippen LogP contribution in [0.5, 0.6) is 0 Å². The topological polar surface area (TPSA) is 164 Å². The van der Waals surface area contributed by atoms with Crippen molar-refractivity contribution in [3.8, 4) is 0 Å². The summed E-state index contributed by atoms with van der Waals surface area (Å²) in [5.74, 6) is -2.49. The van der Waals surface area contributed by atoms with Crippen molar-refractivity contribution in [3.05, 3.63) is 85.5 Å². The molecule has 3 rings (SSSR count). The van der Waals surface area contributed by atoms with Gasteiger partial charge in [-0.2, -0.15) is 0 Å². The lowest BCUT2D eigenvalue weighted by atomic mass is 9.95. The van der Waals surface area contributed by atoms with Crippen LogP contribution in [0.15, 0.2) is 54.1 Å². The molecule has 0 radical (unpaired) electrons. The highest BCUT2D eigenvalue weighted by Gasteiger charge is 2.45. The number of likely N-dealkylation sites (tertiary alicyclic amines) is 1. The first-order valence-electron chi connectivity index (χ1n) is 8.64. The van der Waals surface area contributed by atoms with Crippen molar-refractivity contribution >= 4 is 28.8 Å². The van der Waals surface area contributed by atoms with E-state index in [-0.39, 0.29) is 29.1 Å². The SMILES string of the molecule is O=C1C(=O)N(CCO)C(c2ccc([N+](=O)[O-])cc2)/C1=C(/O)c1ccc([N+](=O)[O-])cc1. The van der Waals surface area contributed by atoms with E-state index in [4.69, 9.17) is 0 Å². The van der Waals surface area contributed by atoms with Crippen LogP contribution in [0.25, 0.3) is 5.76 Å². The summed E-state index contributed by atoms with van der Waals surface area (Å²) < 4.78 is 0. The number of hydrogen-bond acceptors (Lipinski definition) is 8. The van der Waals surface area contributed by atoms with Gasteiger partial charge in [-0.25, -0.2) is 0 Å². The summed E-state index contributed by atoms with van der Waals surface area (Å²) in [7, 11) is 0. The molecule has 154 valence electrons. The number of aliphatic hydroxyl groups is 2. The van der Waals surface area contributed by atoms with Crippen LogP contribution in [0.1, 0.15) is 17.2 Å². The molecule has 1 fully saturated rings. The van der Waals surface area contributed by atoms with Crippen LogP contribution in [0, 0.1) is 20.2 Å². The number of aliphatic hydroxyl groups excluding tert-OH is 2. The third-order valence-corrected chi connectivity index (χ3v) is 4.65. The van der Waals surface area contributed by atoms with Gasteiger partial charge in [0.25, 0.3) is 23.1 Å². The van der Waals surface area contributed by atoms with Crippen LogP contribution in [-0.2, 0) is 9.59 Å². The zero-order valence-electron chi connectivity index (χ0n) is 15.3. The maximum Gasteiger partial charge on any atom is 0.295 e. The minimum atomic E-state index is -1.09. The summed E-state index contributed by atoms with van der Waals surface area (Å²) in [6.45, 7) is -0.655. The van der Waals surface area contributed by atoms with E-state index in [9.17, 15) is 40.0 Å². The van der Waals surface area contributed by atoms with Gasteiger partial charge in [0.05, 0.1) is 28.1 Å². The first-order valence-corrected chi connectivity index (χ1v) is 8.64. The van der Waals surface area contributed by atoms with Gasteiger partial charge in [0.2, 0.25) is 0 Å². The Kier molecular flexibility index (Phi) is 5.56. The molecule has 1 heterocycles. The fourth-order valence-electron chi connectivity index (χ4n) is 3.24. The zero-order valence-corrected chi connectivity index (χ0v) is 15.3. The quantitative estimate of drug-likeness (QED) is 0.238. The molecule has 1 saturated heterocycles. The summed E-state index contributed by atoms with van der Waals surface area (Å²) in [4.78, 5) is 46.6. The Hall–Kier alpha value is -4.12. The summed E-state index contributed by atoms with van der Waals surface area (Å²) in [5.41, 5.74) is -0.310. The molecule has 0 aliphatic carbocycles. The van der Waals surface area contributed by atoms with Crippen LogP contribution in [0.3, 0.4) is 0 Å². The van der Waals surface area contributed by atoms with Gasteiger partial charge in [0.1, 0.15) is 5.76 Å². The second-order valence-corrected chi connectivity index (χ2v) is 6.37. The van der Waals surface area contributed by atoms with Crippen LogP contribution < -0.4 is 0 Å². The standard InChI is InChI=1S/C19H15N3O8/c23-10-9-20-16(11-1-5-13(6-2-11)21(27)28)15(18(25)19(20)26)17(24)12-3-7-14(8-4-12)22(29)30/h1-8,16,23-24H,9-10H2/b17-15-. The number of amides is 1. The Bertz CT molecular complexity index is 1060. The maximum absolute atomic E-state index is 12.6. The molecule has 1 aliphatic rings. The first-order chi connectivity index (χ1) is 14.3. The number of β-amino-alcohol motifs (C(OH)–C–C–N with tert-alkyl or cyclic N) is 1. The van der Waals surface area contributed by atoms with E-state index in [1.807, 2.05) is 0 Å². The Balaban J connectivity index is 2.14. The van der Waals surface area contributed by atoms with E-state index in [0.29, 0.717) is 5.56 Å². The minimum absolute atomic E-state index is 0.0783. The fraction of sp³-hybridized carbons (Fsp3) is 0.158. The summed E-state index contributed by atoms with van der Waals surface area (Å²) in [5, 5.41) is 41.7. The molecule has 11 heteroatoms. The number of carbonyl (C=O) groups is 2. The number of nitro groups is 2. The van der Waals surface area contributed by atoms with Gasteiger partial charge in [0, 0.05) is 36.4 Å². The van der Waals surface area contributed by atoms with Crippen molar-refractivity contribution in [2.75, 3.05) is 13.2 Å². The number of hydrogen-bond donors (Lipinski definition) is 2. The molecule has 1 atom stereocenters. The summed E-state index contributed by atoms with van der Waals surface area (Å²) in [6, 6.07) is 8.75. The van der Waals surface area contributed by atoms with Gasteiger partial charge in [-0.3, -0.25) is 29.8 Å². The predicted molar refractivity (Wildman–Crippen MR) is 102 cm³/mol. The molecule has 1 amide bonds. The van der Waals surface area contributed by atoms with E-state index >= 15 is 0 Å². The minimum Gasteiger partial charge on any atom is -0.507 e. The van der Waals surface area contributed by atoms with E-state index in [1.54, 1.807) is 0 Å². The Labute approximate surface area is 168 Å². The molecular formula is C19H15N3O8. The number of benzene rings is 2. The number of Topliss-reactive ketones (excluding diaryl/α,β-unsaturated/α-hetero) is 1. The third kappa shape index (κ3) is 3.61. The number of rotatable bonds is 6. The second kappa shape index (κ2) is 8.09. The lowest BCUT2D eigenvalue weighted by molar-refractivity contribution is -0.385. The van der Waals surface area contributed by atoms with Gasteiger partial charge in [0.15, 0.2) is 0 Å². The molecule has 0 spiro atoms. The van der Waals surface area contributed by atoms with Gasteiger partial charge < -0.3 is 15.1 Å². The summed E-state index contributed by atoms with van der Waals surface area (Å²) in [6.07, 6.45) is 0. The number of non-ortho nitro benzene ring substituents is 2. The van der Waals surface area contributed by atoms with Crippen molar-refractivity contribution in [2.45, 2.75) is 6.04 Å². The molecule has 2 aromatic rings. The third-order valence-electron chi connectivity index (χ3n) is 4.65. The molecule has 0 aromatic heterocycles. The van der Waals surface area contributed by atoms with Crippen LogP contribution in [-0.4, -0.2) is 49.8 Å². The van der Waals surface area contributed by atoms with E-state index in [0.717, 1.165) is 17.0 Å². The van der Waals surface area contributed by atoms with Crippen molar-refractivity contribution in [1.82, 2.24) is 4.90 Å². The monoisotopic (exact) mass is 413 g/mol. The van der Waals surface area contributed by atoms with Crippen LogP contribution in [0.4, 0.5) is 11.4 Å². The molecule has 0 saturated carbocycles. The van der Waals surface area contributed by atoms with Crippen LogP contribution >= 0.6 is 0 Å². The Morgan fingerprint density at radius 3 is 1.90 bits per heavy atom. The predicted octanol–water partition coefficient (Wildman–Crippen LogP) is 1.92. The summed E-state index contributed by atoms with van der Waals surface area (Å²) >= 11 is 0. The Morgan fingerprint density at radius 2 is 1.43 bits per heavy atom. The molecule has 2 aromatic carbocycles. The molecule has 0 bridgehead atoms. The van der Waals surface area contributed by atoms with E-state index in [1.165, 1.54) is 36.4 Å². The average Bonchev–Trinajstić information content (AvgIpc) is 2.98. The molecular weight excluding hydrogens is 398 g/mol. The normalized spacial score (nSPS) is 17.9. The number of nitrogens with zero attached hydrogens (tertiary/aromatic N) is 3. The van der Waals surface area contributed by atoms with Crippen molar-refractivity contribution in [2.24, 2.45) is 0 Å². The average molecular weight is 413 g/mol. The smallest absolute Gasteiger partial charge is 0.295 e. The first kappa shape index (κ1) is 20.6. The van der Waals surface area contributed by atoms with Gasteiger partial charge >= 0.3 is 0 Å². The van der Waals surface area contributed by atoms with Gasteiger partial charge in [-0.15, -0.1) is 0 Å². The molecule has 1 aliphatic heterocycles. The molecule has 2 N–H and O–H groups in total. The largest absolute Gasteiger partial charge is 0.507 e. The van der Waals surface area contributed by atoms with Crippen LogP contribution in [0.2, 0.25) is 0 Å². The molecule has 11 nitrogen and oxygen atoms in total. The zero-order chi connectivity index (χ0) is 22.0. The fourth-order valence-corrected chi connectivity index (χ4v) is 3.24. The highest BCUT2D eigenvalue weighted by atomic mass is 16.6.